The van der Waals surface area contributed by atoms with E-state index in [-0.39, 0.29) is 6.04 Å². The van der Waals surface area contributed by atoms with E-state index in [4.69, 9.17) is 5.73 Å². The van der Waals surface area contributed by atoms with Crippen molar-refractivity contribution in [2.45, 2.75) is 39.3 Å². The van der Waals surface area contributed by atoms with Gasteiger partial charge in [-0.1, -0.05) is 37.3 Å². The van der Waals surface area contributed by atoms with Crippen LogP contribution in [0, 0.1) is 0 Å². The minimum atomic E-state index is 0.125. The second kappa shape index (κ2) is 6.92. The van der Waals surface area contributed by atoms with Crippen LogP contribution in [0.2, 0.25) is 0 Å². The van der Waals surface area contributed by atoms with Crippen molar-refractivity contribution in [3.05, 3.63) is 42.2 Å². The topological polar surface area (TPSA) is 75.9 Å². The Balaban J connectivity index is 2.15. The molecule has 0 aliphatic rings. The van der Waals surface area contributed by atoms with Gasteiger partial charge in [-0.05, 0) is 25.8 Å². The Hall–Kier alpha value is -2.30. The van der Waals surface area contributed by atoms with E-state index >= 15 is 0 Å². The average Bonchev–Trinajstić information content (AvgIpc) is 2.52. The van der Waals surface area contributed by atoms with Crippen LogP contribution in [0.25, 0.3) is 0 Å². The summed E-state index contributed by atoms with van der Waals surface area (Å²) < 4.78 is 0. The second-order valence-corrected chi connectivity index (χ2v) is 5.21. The van der Waals surface area contributed by atoms with Crippen LogP contribution in [0.3, 0.4) is 0 Å². The van der Waals surface area contributed by atoms with E-state index in [1.165, 1.54) is 11.9 Å². The number of nitrogens with zero attached hydrogens (tertiary/aromatic N) is 2. The predicted octanol–water partition coefficient (Wildman–Crippen LogP) is 3.44. The van der Waals surface area contributed by atoms with Crippen molar-refractivity contribution in [1.82, 2.24) is 9.97 Å². The first kappa shape index (κ1) is 15.1. The van der Waals surface area contributed by atoms with Crippen molar-refractivity contribution in [3.8, 4) is 0 Å². The zero-order chi connectivity index (χ0) is 15.2. The fourth-order valence-corrected chi connectivity index (χ4v) is 1.99. The lowest BCUT2D eigenvalue weighted by Gasteiger charge is -2.19. The molecular formula is C16H23N5. The second-order valence-electron chi connectivity index (χ2n) is 5.21. The van der Waals surface area contributed by atoms with Gasteiger partial charge in [0.2, 0.25) is 0 Å². The molecule has 5 nitrogen and oxygen atoms in total. The summed E-state index contributed by atoms with van der Waals surface area (Å²) in [4.78, 5) is 8.47. The Morgan fingerprint density at radius 2 is 1.67 bits per heavy atom. The maximum Gasteiger partial charge on any atom is 0.155 e. The average molecular weight is 285 g/mol. The van der Waals surface area contributed by atoms with Crippen molar-refractivity contribution in [2.75, 3.05) is 16.4 Å². The van der Waals surface area contributed by atoms with Crippen LogP contribution in [0.1, 0.15) is 38.8 Å². The maximum absolute atomic E-state index is 6.16. The fourth-order valence-electron chi connectivity index (χ4n) is 1.99. The van der Waals surface area contributed by atoms with Gasteiger partial charge in [0.25, 0.3) is 0 Å². The molecule has 0 bridgehead atoms. The SMILES string of the molecule is CCC(C)Nc1ncnc(NC(C)c2ccccc2)c1N. The molecule has 0 aliphatic heterocycles. The van der Waals surface area contributed by atoms with Gasteiger partial charge in [0.15, 0.2) is 11.6 Å². The number of nitrogens with two attached hydrogens (primary N) is 1. The Morgan fingerprint density at radius 1 is 1.05 bits per heavy atom. The number of hydrogen-bond donors (Lipinski definition) is 3. The third-order valence-corrected chi connectivity index (χ3v) is 3.53. The van der Waals surface area contributed by atoms with E-state index in [2.05, 4.69) is 53.5 Å². The molecule has 2 atom stereocenters. The van der Waals surface area contributed by atoms with E-state index in [1.807, 2.05) is 18.2 Å². The molecule has 1 heterocycles. The first-order valence-electron chi connectivity index (χ1n) is 7.30. The summed E-state index contributed by atoms with van der Waals surface area (Å²) in [7, 11) is 0. The van der Waals surface area contributed by atoms with Crippen LogP contribution in [-0.2, 0) is 0 Å². The number of nitrogen functional groups attached to an aromatic ring is 1. The van der Waals surface area contributed by atoms with E-state index in [1.54, 1.807) is 0 Å². The molecule has 0 aliphatic carbocycles. The number of aromatic nitrogens is 2. The quantitative estimate of drug-likeness (QED) is 0.758. The highest BCUT2D eigenvalue weighted by molar-refractivity contribution is 5.74. The summed E-state index contributed by atoms with van der Waals surface area (Å²) in [5.41, 5.74) is 7.91. The highest BCUT2D eigenvalue weighted by Gasteiger charge is 2.12. The number of hydrogen-bond acceptors (Lipinski definition) is 5. The van der Waals surface area contributed by atoms with Gasteiger partial charge in [-0.15, -0.1) is 0 Å². The Morgan fingerprint density at radius 3 is 2.29 bits per heavy atom. The number of nitrogens with one attached hydrogen (secondary N) is 2. The molecule has 2 rings (SSSR count). The lowest BCUT2D eigenvalue weighted by molar-refractivity contribution is 0.758. The standard InChI is InChI=1S/C16H23N5/c1-4-11(2)20-15-14(17)16(19-10-18-15)21-12(3)13-8-6-5-7-9-13/h5-12H,4,17H2,1-3H3,(H2,18,19,20,21). The molecule has 1 aromatic heterocycles. The third-order valence-electron chi connectivity index (χ3n) is 3.53. The molecule has 0 saturated carbocycles. The summed E-state index contributed by atoms with van der Waals surface area (Å²) in [6.45, 7) is 6.30. The lowest BCUT2D eigenvalue weighted by Crippen LogP contribution is -2.17. The van der Waals surface area contributed by atoms with Gasteiger partial charge in [0, 0.05) is 6.04 Å². The highest BCUT2D eigenvalue weighted by atomic mass is 15.1. The minimum Gasteiger partial charge on any atom is -0.393 e. The molecular weight excluding hydrogens is 262 g/mol. The van der Waals surface area contributed by atoms with Gasteiger partial charge in [0.1, 0.15) is 12.0 Å². The van der Waals surface area contributed by atoms with Gasteiger partial charge in [0.05, 0.1) is 6.04 Å². The zero-order valence-electron chi connectivity index (χ0n) is 12.8. The van der Waals surface area contributed by atoms with Gasteiger partial charge < -0.3 is 16.4 Å². The third kappa shape index (κ3) is 3.84. The minimum absolute atomic E-state index is 0.125. The normalized spacial score (nSPS) is 13.5. The largest absolute Gasteiger partial charge is 0.393 e. The molecule has 5 heteroatoms. The lowest BCUT2D eigenvalue weighted by atomic mass is 10.1. The molecule has 112 valence electrons. The first-order valence-corrected chi connectivity index (χ1v) is 7.30. The Bertz CT molecular complexity index is 570. The molecule has 2 aromatic rings. The molecule has 4 N–H and O–H groups in total. The maximum atomic E-state index is 6.16. The molecule has 0 saturated heterocycles. The van der Waals surface area contributed by atoms with Crippen LogP contribution in [0.15, 0.2) is 36.7 Å². The summed E-state index contributed by atoms with van der Waals surface area (Å²) in [6, 6.07) is 10.6. The molecule has 0 fully saturated rings. The van der Waals surface area contributed by atoms with Gasteiger partial charge in [-0.25, -0.2) is 9.97 Å². The van der Waals surface area contributed by atoms with E-state index in [0.29, 0.717) is 23.4 Å². The predicted molar refractivity (Wildman–Crippen MR) is 88.3 cm³/mol. The van der Waals surface area contributed by atoms with E-state index in [0.717, 1.165) is 6.42 Å². The van der Waals surface area contributed by atoms with Crippen LogP contribution in [0.4, 0.5) is 17.3 Å². The first-order chi connectivity index (χ1) is 10.1. The summed E-state index contributed by atoms with van der Waals surface area (Å²) in [5.74, 6) is 1.34. The van der Waals surface area contributed by atoms with Gasteiger partial charge in [-0.2, -0.15) is 0 Å². The van der Waals surface area contributed by atoms with Crippen molar-refractivity contribution >= 4 is 17.3 Å². The Kier molecular flexibility index (Phi) is 4.98. The molecule has 2 unspecified atom stereocenters. The molecule has 0 radical (unpaired) electrons. The highest BCUT2D eigenvalue weighted by Crippen LogP contribution is 2.26. The number of anilines is 3. The van der Waals surface area contributed by atoms with Crippen LogP contribution in [-0.4, -0.2) is 16.0 Å². The molecule has 0 spiro atoms. The fraction of sp³-hybridized carbons (Fsp3) is 0.375. The monoisotopic (exact) mass is 285 g/mol. The number of benzene rings is 1. The smallest absolute Gasteiger partial charge is 0.155 e. The summed E-state index contributed by atoms with van der Waals surface area (Å²) >= 11 is 0. The van der Waals surface area contributed by atoms with Crippen LogP contribution >= 0.6 is 0 Å². The van der Waals surface area contributed by atoms with E-state index < -0.39 is 0 Å². The number of rotatable bonds is 6. The van der Waals surface area contributed by atoms with Crippen molar-refractivity contribution in [1.29, 1.82) is 0 Å². The summed E-state index contributed by atoms with van der Waals surface area (Å²) in [5, 5.41) is 6.64. The zero-order valence-corrected chi connectivity index (χ0v) is 12.8. The molecule has 1 aromatic carbocycles. The van der Waals surface area contributed by atoms with Crippen LogP contribution < -0.4 is 16.4 Å². The van der Waals surface area contributed by atoms with Crippen LogP contribution in [0.5, 0.6) is 0 Å². The van der Waals surface area contributed by atoms with Crippen molar-refractivity contribution < 1.29 is 0 Å². The summed E-state index contributed by atoms with van der Waals surface area (Å²) in [6.07, 6.45) is 2.54. The van der Waals surface area contributed by atoms with Gasteiger partial charge in [-0.3, -0.25) is 0 Å². The van der Waals surface area contributed by atoms with Crippen molar-refractivity contribution in [2.24, 2.45) is 0 Å². The van der Waals surface area contributed by atoms with E-state index in [9.17, 15) is 0 Å². The van der Waals surface area contributed by atoms with Gasteiger partial charge >= 0.3 is 0 Å². The Labute approximate surface area is 126 Å². The molecule has 21 heavy (non-hydrogen) atoms. The van der Waals surface area contributed by atoms with Crippen molar-refractivity contribution in [3.63, 3.8) is 0 Å². The molecule has 0 amide bonds.